The molecule has 5 heteroatoms. The predicted molar refractivity (Wildman–Crippen MR) is 116 cm³/mol. The van der Waals surface area contributed by atoms with Crippen molar-refractivity contribution in [3.8, 4) is 0 Å². The van der Waals surface area contributed by atoms with Gasteiger partial charge in [0.25, 0.3) is 0 Å². The van der Waals surface area contributed by atoms with Crippen LogP contribution in [-0.4, -0.2) is 16.1 Å². The monoisotopic (exact) mass is 431 g/mol. The largest absolute Gasteiger partial charge is 0.350 e. The summed E-state index contributed by atoms with van der Waals surface area (Å²) in [6, 6.07) is 8.74. The van der Waals surface area contributed by atoms with Crippen LogP contribution in [0.5, 0.6) is 0 Å². The number of rotatable bonds is 3. The van der Waals surface area contributed by atoms with Crippen LogP contribution in [0.15, 0.2) is 47.6 Å². The van der Waals surface area contributed by atoms with Crippen LogP contribution in [0.1, 0.15) is 22.4 Å². The summed E-state index contributed by atoms with van der Waals surface area (Å²) < 4.78 is 3.48. The number of hydrogen-bond acceptors (Lipinski definition) is 2. The highest BCUT2D eigenvalue weighted by Gasteiger charge is 2.22. The highest BCUT2D eigenvalue weighted by atomic mass is 79.9. The summed E-state index contributed by atoms with van der Waals surface area (Å²) in [4.78, 5) is 7.19. The molecular weight excluding hydrogens is 410 g/mol. The summed E-state index contributed by atoms with van der Waals surface area (Å²) in [5.74, 6) is 1.08. The Labute approximate surface area is 169 Å². The number of anilines is 1. The summed E-state index contributed by atoms with van der Waals surface area (Å²) in [6.07, 6.45) is 4.96. The number of allylic oxidation sites excluding steroid dienone is 1. The lowest BCUT2D eigenvalue weighted by Crippen LogP contribution is -2.31. The molecule has 0 unspecified atom stereocenters. The van der Waals surface area contributed by atoms with E-state index in [1.165, 1.54) is 33.3 Å². The number of fused-ring (bicyclic) bond motifs is 2. The van der Waals surface area contributed by atoms with Gasteiger partial charge in [-0.05, 0) is 55.2 Å². The molecule has 26 heavy (non-hydrogen) atoms. The van der Waals surface area contributed by atoms with Crippen LogP contribution in [0.25, 0.3) is 10.9 Å². The van der Waals surface area contributed by atoms with Gasteiger partial charge in [0.2, 0.25) is 0 Å². The molecule has 136 valence electrons. The van der Waals surface area contributed by atoms with Gasteiger partial charge in [0.05, 0.1) is 5.52 Å². The quantitative estimate of drug-likeness (QED) is 0.503. The molecule has 4 rings (SSSR count). The zero-order valence-electron chi connectivity index (χ0n) is 15.1. The van der Waals surface area contributed by atoms with E-state index in [1.54, 1.807) is 0 Å². The maximum absolute atomic E-state index is 4.78. The van der Waals surface area contributed by atoms with E-state index in [4.69, 9.17) is 4.98 Å². The van der Waals surface area contributed by atoms with Crippen molar-refractivity contribution in [2.75, 3.05) is 11.4 Å². The molecule has 0 N–H and O–H groups in total. The Hall–Kier alpha value is -1.78. The molecule has 3 aromatic rings. The Morgan fingerprint density at radius 3 is 2.81 bits per heavy atom. The molecule has 1 aliphatic heterocycles. The van der Waals surface area contributed by atoms with E-state index in [-0.39, 0.29) is 12.4 Å². The second kappa shape index (κ2) is 7.45. The second-order valence-corrected chi connectivity index (χ2v) is 7.64. The molecule has 0 amide bonds. The Bertz CT molecular complexity index is 977. The Balaban J connectivity index is 0.00000196. The molecule has 1 aromatic carbocycles. The third-order valence-electron chi connectivity index (χ3n) is 5.32. The van der Waals surface area contributed by atoms with E-state index in [9.17, 15) is 0 Å². The maximum atomic E-state index is 4.78. The average molecular weight is 433 g/mol. The molecule has 0 aliphatic carbocycles. The molecule has 2 aromatic heterocycles. The first-order valence-corrected chi connectivity index (χ1v) is 9.47. The van der Waals surface area contributed by atoms with Crippen LogP contribution in [0.2, 0.25) is 0 Å². The fraction of sp³-hybridized carbons (Fsp3) is 0.286. The molecule has 3 heterocycles. The van der Waals surface area contributed by atoms with Crippen LogP contribution < -0.4 is 4.90 Å². The fourth-order valence-corrected chi connectivity index (χ4v) is 4.28. The second-order valence-electron chi connectivity index (χ2n) is 6.73. The minimum absolute atomic E-state index is 0. The van der Waals surface area contributed by atoms with Crippen LogP contribution >= 0.6 is 28.3 Å². The molecule has 0 spiro atoms. The van der Waals surface area contributed by atoms with E-state index in [0.717, 1.165) is 36.3 Å². The molecule has 1 aliphatic rings. The van der Waals surface area contributed by atoms with Gasteiger partial charge >= 0.3 is 0 Å². The van der Waals surface area contributed by atoms with E-state index in [2.05, 4.69) is 70.1 Å². The van der Waals surface area contributed by atoms with Crippen molar-refractivity contribution in [3.05, 3.63) is 70.0 Å². The highest BCUT2D eigenvalue weighted by Crippen LogP contribution is 2.34. The van der Waals surface area contributed by atoms with Crippen LogP contribution in [0.3, 0.4) is 0 Å². The first-order chi connectivity index (χ1) is 12.1. The zero-order chi connectivity index (χ0) is 17.6. The number of aromatic nitrogens is 2. The molecule has 0 radical (unpaired) electrons. The van der Waals surface area contributed by atoms with Gasteiger partial charge in [-0.2, -0.15) is 0 Å². The van der Waals surface area contributed by atoms with Crippen molar-refractivity contribution in [1.82, 2.24) is 9.55 Å². The van der Waals surface area contributed by atoms with Gasteiger partial charge in [-0.3, -0.25) is 0 Å². The number of benzene rings is 1. The standard InChI is InChI=1S/C21H22BrN3.ClH/c1-4-10-25-15(3)14(2)19-7-9-23-21(20(19)25)24-11-8-16-5-6-18(22)12-17(16)13-24;/h4-7,9,12H,1,8,10-11,13H2,2-3H3;1H. The topological polar surface area (TPSA) is 21.1 Å². The van der Waals surface area contributed by atoms with Crippen molar-refractivity contribution in [3.63, 3.8) is 0 Å². The number of pyridine rings is 1. The molecule has 0 atom stereocenters. The van der Waals surface area contributed by atoms with Crippen molar-refractivity contribution in [2.45, 2.75) is 33.4 Å². The summed E-state index contributed by atoms with van der Waals surface area (Å²) >= 11 is 3.60. The maximum Gasteiger partial charge on any atom is 0.153 e. The lowest BCUT2D eigenvalue weighted by molar-refractivity contribution is 0.718. The lowest BCUT2D eigenvalue weighted by Gasteiger charge is -2.30. The molecule has 0 saturated heterocycles. The smallest absolute Gasteiger partial charge is 0.153 e. The lowest BCUT2D eigenvalue weighted by atomic mass is 10.00. The Kier molecular flexibility index (Phi) is 5.44. The fourth-order valence-electron chi connectivity index (χ4n) is 3.87. The molecular formula is C21H23BrClN3. The first-order valence-electron chi connectivity index (χ1n) is 8.67. The summed E-state index contributed by atoms with van der Waals surface area (Å²) in [7, 11) is 0. The minimum atomic E-state index is 0. The third-order valence-corrected chi connectivity index (χ3v) is 5.81. The van der Waals surface area contributed by atoms with Gasteiger partial charge in [0.15, 0.2) is 5.82 Å². The van der Waals surface area contributed by atoms with Gasteiger partial charge in [0, 0.05) is 41.4 Å². The molecule has 3 nitrogen and oxygen atoms in total. The number of aryl methyl sites for hydroxylation is 1. The van der Waals surface area contributed by atoms with Gasteiger partial charge < -0.3 is 9.47 Å². The van der Waals surface area contributed by atoms with Crippen LogP contribution in [0.4, 0.5) is 5.82 Å². The number of halogens is 2. The van der Waals surface area contributed by atoms with Gasteiger partial charge in [0.1, 0.15) is 0 Å². The highest BCUT2D eigenvalue weighted by molar-refractivity contribution is 9.10. The van der Waals surface area contributed by atoms with Gasteiger partial charge in [-0.25, -0.2) is 4.98 Å². The summed E-state index contributed by atoms with van der Waals surface area (Å²) in [5, 5.41) is 1.30. The van der Waals surface area contributed by atoms with Crippen molar-refractivity contribution in [2.24, 2.45) is 0 Å². The zero-order valence-corrected chi connectivity index (χ0v) is 17.5. The van der Waals surface area contributed by atoms with Gasteiger partial charge in [-0.1, -0.05) is 28.1 Å². The van der Waals surface area contributed by atoms with E-state index < -0.39 is 0 Å². The van der Waals surface area contributed by atoms with Crippen molar-refractivity contribution < 1.29 is 0 Å². The Morgan fingerprint density at radius 2 is 2.04 bits per heavy atom. The SMILES string of the molecule is C=CCn1c(C)c(C)c2ccnc(N3CCc4ccc(Br)cc4C3)c21.Cl. The molecule has 0 fully saturated rings. The molecule has 0 saturated carbocycles. The minimum Gasteiger partial charge on any atom is -0.350 e. The predicted octanol–water partition coefficient (Wildman–Crippen LogP) is 5.59. The average Bonchev–Trinajstić information content (AvgIpc) is 2.86. The summed E-state index contributed by atoms with van der Waals surface area (Å²) in [6.45, 7) is 11.0. The number of nitrogens with zero attached hydrogens (tertiary/aromatic N) is 3. The first kappa shape index (κ1) is 19.0. The van der Waals surface area contributed by atoms with E-state index in [1.807, 2.05) is 12.3 Å². The van der Waals surface area contributed by atoms with E-state index >= 15 is 0 Å². The summed E-state index contributed by atoms with van der Waals surface area (Å²) in [5.41, 5.74) is 6.69. The van der Waals surface area contributed by atoms with E-state index in [0.29, 0.717) is 0 Å². The normalized spacial score (nSPS) is 13.4. The Morgan fingerprint density at radius 1 is 1.23 bits per heavy atom. The van der Waals surface area contributed by atoms with Crippen molar-refractivity contribution in [1.29, 1.82) is 0 Å². The molecule has 0 bridgehead atoms. The van der Waals surface area contributed by atoms with Crippen LogP contribution in [-0.2, 0) is 19.5 Å². The van der Waals surface area contributed by atoms with Gasteiger partial charge in [-0.15, -0.1) is 19.0 Å². The third kappa shape index (κ3) is 3.06. The van der Waals surface area contributed by atoms with Crippen molar-refractivity contribution >= 4 is 45.1 Å². The van der Waals surface area contributed by atoms with Crippen LogP contribution in [0, 0.1) is 13.8 Å². The number of hydrogen-bond donors (Lipinski definition) is 0.